The standard InChI is InChI=1S/C23H24Cl3N3O3/c1-4-14(3)27-13-18-21(23(30)31-5-2)28-29(20-11-8-16(25)12-19(20)26)22(18)32-17-9-6-15(24)7-10-17/h6-12,14,27H,4-5,13H2,1-3H3. The highest BCUT2D eigenvalue weighted by molar-refractivity contribution is 6.35. The number of hydrogen-bond donors (Lipinski definition) is 1. The Morgan fingerprint density at radius 2 is 1.78 bits per heavy atom. The van der Waals surface area contributed by atoms with Gasteiger partial charge in [0, 0.05) is 22.6 Å². The molecule has 1 N–H and O–H groups in total. The first kappa shape index (κ1) is 24.4. The van der Waals surface area contributed by atoms with Crippen LogP contribution < -0.4 is 10.1 Å². The highest BCUT2D eigenvalue weighted by Gasteiger charge is 2.27. The van der Waals surface area contributed by atoms with Gasteiger partial charge in [-0.1, -0.05) is 41.7 Å². The molecule has 3 aromatic rings. The van der Waals surface area contributed by atoms with E-state index in [0.717, 1.165) is 6.42 Å². The molecule has 0 aliphatic rings. The molecule has 9 heteroatoms. The lowest BCUT2D eigenvalue weighted by Crippen LogP contribution is -2.25. The molecule has 0 saturated heterocycles. The van der Waals surface area contributed by atoms with E-state index in [1.807, 2.05) is 0 Å². The SMILES string of the molecule is CCOC(=O)c1nn(-c2ccc(Cl)cc2Cl)c(Oc2ccc(Cl)cc2)c1CNC(C)CC. The Balaban J connectivity index is 2.18. The molecule has 0 saturated carbocycles. The first-order valence-corrected chi connectivity index (χ1v) is 11.4. The number of ether oxygens (including phenoxy) is 2. The Morgan fingerprint density at radius 3 is 2.41 bits per heavy atom. The van der Waals surface area contributed by atoms with Crippen molar-refractivity contribution >= 4 is 40.8 Å². The van der Waals surface area contributed by atoms with E-state index < -0.39 is 5.97 Å². The van der Waals surface area contributed by atoms with Crippen molar-refractivity contribution in [1.29, 1.82) is 0 Å². The summed E-state index contributed by atoms with van der Waals surface area (Å²) in [6, 6.07) is 12.1. The molecule has 0 radical (unpaired) electrons. The summed E-state index contributed by atoms with van der Waals surface area (Å²) in [5, 5.41) is 9.35. The third kappa shape index (κ3) is 5.75. The van der Waals surface area contributed by atoms with Gasteiger partial charge in [-0.3, -0.25) is 0 Å². The Labute approximate surface area is 202 Å². The first-order chi connectivity index (χ1) is 15.3. The number of nitrogens with zero attached hydrogens (tertiary/aromatic N) is 2. The third-order valence-electron chi connectivity index (χ3n) is 4.81. The Kier molecular flexibility index (Phi) is 8.43. The van der Waals surface area contributed by atoms with Crippen LogP contribution in [0.3, 0.4) is 0 Å². The van der Waals surface area contributed by atoms with Crippen LogP contribution in [0, 0.1) is 0 Å². The van der Waals surface area contributed by atoms with Gasteiger partial charge in [0.05, 0.1) is 22.9 Å². The lowest BCUT2D eigenvalue weighted by Gasteiger charge is -2.15. The van der Waals surface area contributed by atoms with Gasteiger partial charge in [-0.15, -0.1) is 0 Å². The van der Waals surface area contributed by atoms with Crippen molar-refractivity contribution in [3.05, 3.63) is 68.8 Å². The molecule has 0 aliphatic carbocycles. The molecule has 0 aliphatic heterocycles. The number of hydrogen-bond acceptors (Lipinski definition) is 5. The molecule has 0 amide bonds. The smallest absolute Gasteiger partial charge is 0.359 e. The van der Waals surface area contributed by atoms with E-state index in [4.69, 9.17) is 44.3 Å². The van der Waals surface area contributed by atoms with E-state index in [0.29, 0.717) is 44.5 Å². The van der Waals surface area contributed by atoms with Gasteiger partial charge >= 0.3 is 5.97 Å². The van der Waals surface area contributed by atoms with Gasteiger partial charge in [0.25, 0.3) is 0 Å². The van der Waals surface area contributed by atoms with E-state index in [2.05, 4.69) is 24.3 Å². The normalized spacial score (nSPS) is 11.9. The number of rotatable bonds is 9. The van der Waals surface area contributed by atoms with Gasteiger partial charge in [0.2, 0.25) is 5.88 Å². The van der Waals surface area contributed by atoms with Crippen LogP contribution in [-0.2, 0) is 11.3 Å². The number of aromatic nitrogens is 2. The van der Waals surface area contributed by atoms with Gasteiger partial charge < -0.3 is 14.8 Å². The molecule has 170 valence electrons. The molecule has 0 bridgehead atoms. The van der Waals surface area contributed by atoms with Crippen LogP contribution in [0.4, 0.5) is 0 Å². The Morgan fingerprint density at radius 1 is 1.09 bits per heavy atom. The van der Waals surface area contributed by atoms with Crippen molar-refractivity contribution in [1.82, 2.24) is 15.1 Å². The van der Waals surface area contributed by atoms with E-state index in [-0.39, 0.29) is 18.3 Å². The average molecular weight is 497 g/mol. The molecule has 1 heterocycles. The number of halogens is 3. The number of benzene rings is 2. The lowest BCUT2D eigenvalue weighted by atomic mass is 10.2. The zero-order valence-corrected chi connectivity index (χ0v) is 20.3. The summed E-state index contributed by atoms with van der Waals surface area (Å²) >= 11 is 18.6. The van der Waals surface area contributed by atoms with Gasteiger partial charge in [-0.25, -0.2) is 4.79 Å². The first-order valence-electron chi connectivity index (χ1n) is 10.2. The maximum Gasteiger partial charge on any atom is 0.359 e. The predicted molar refractivity (Wildman–Crippen MR) is 128 cm³/mol. The van der Waals surface area contributed by atoms with Crippen molar-refractivity contribution in [2.75, 3.05) is 6.61 Å². The summed E-state index contributed by atoms with van der Waals surface area (Å²) in [7, 11) is 0. The molecule has 2 aromatic carbocycles. The number of esters is 1. The van der Waals surface area contributed by atoms with Crippen LogP contribution in [-0.4, -0.2) is 28.4 Å². The van der Waals surface area contributed by atoms with Gasteiger partial charge in [-0.2, -0.15) is 9.78 Å². The minimum absolute atomic E-state index is 0.151. The second-order valence-electron chi connectivity index (χ2n) is 7.11. The average Bonchev–Trinajstić information content (AvgIpc) is 3.11. The van der Waals surface area contributed by atoms with Gasteiger partial charge in [0.1, 0.15) is 5.75 Å². The minimum atomic E-state index is -0.543. The largest absolute Gasteiger partial charge is 0.461 e. The fourth-order valence-corrected chi connectivity index (χ4v) is 3.53. The van der Waals surface area contributed by atoms with Gasteiger partial charge in [0.15, 0.2) is 5.69 Å². The van der Waals surface area contributed by atoms with Crippen LogP contribution in [0.2, 0.25) is 15.1 Å². The van der Waals surface area contributed by atoms with Crippen LogP contribution in [0.15, 0.2) is 42.5 Å². The number of carbonyl (C=O) groups excluding carboxylic acids is 1. The van der Waals surface area contributed by atoms with E-state index in [1.54, 1.807) is 49.4 Å². The molecule has 3 rings (SSSR count). The molecule has 1 atom stereocenters. The monoisotopic (exact) mass is 495 g/mol. The second-order valence-corrected chi connectivity index (χ2v) is 8.39. The molecule has 6 nitrogen and oxygen atoms in total. The van der Waals surface area contributed by atoms with Crippen molar-refractivity contribution in [3.63, 3.8) is 0 Å². The van der Waals surface area contributed by atoms with Crippen molar-refractivity contribution in [3.8, 4) is 17.3 Å². The van der Waals surface area contributed by atoms with E-state index >= 15 is 0 Å². The molecular formula is C23H24Cl3N3O3. The summed E-state index contributed by atoms with van der Waals surface area (Å²) in [4.78, 5) is 12.8. The van der Waals surface area contributed by atoms with Crippen LogP contribution in [0.1, 0.15) is 43.2 Å². The Hall–Kier alpha value is -2.25. The van der Waals surface area contributed by atoms with Crippen molar-refractivity contribution in [2.45, 2.75) is 39.8 Å². The summed E-state index contributed by atoms with van der Waals surface area (Å²) in [5.41, 5.74) is 1.22. The highest BCUT2D eigenvalue weighted by atomic mass is 35.5. The second kappa shape index (κ2) is 11.1. The molecule has 0 spiro atoms. The van der Waals surface area contributed by atoms with Crippen LogP contribution >= 0.6 is 34.8 Å². The summed E-state index contributed by atoms with van der Waals surface area (Å²) in [6.45, 7) is 6.44. The van der Waals surface area contributed by atoms with Crippen LogP contribution in [0.5, 0.6) is 11.6 Å². The third-order valence-corrected chi connectivity index (χ3v) is 5.60. The molecule has 32 heavy (non-hydrogen) atoms. The maximum absolute atomic E-state index is 12.8. The zero-order chi connectivity index (χ0) is 23.3. The predicted octanol–water partition coefficient (Wildman–Crippen LogP) is 6.69. The fourth-order valence-electron chi connectivity index (χ4n) is 2.91. The lowest BCUT2D eigenvalue weighted by molar-refractivity contribution is 0.0517. The summed E-state index contributed by atoms with van der Waals surface area (Å²) < 4.78 is 13.0. The Bertz CT molecular complexity index is 1080. The van der Waals surface area contributed by atoms with Gasteiger partial charge in [-0.05, 0) is 62.7 Å². The van der Waals surface area contributed by atoms with Crippen molar-refractivity contribution < 1.29 is 14.3 Å². The van der Waals surface area contributed by atoms with Crippen molar-refractivity contribution in [2.24, 2.45) is 0 Å². The topological polar surface area (TPSA) is 65.4 Å². The number of carbonyl (C=O) groups is 1. The van der Waals surface area contributed by atoms with E-state index in [1.165, 1.54) is 4.68 Å². The molecule has 1 aromatic heterocycles. The molecule has 1 unspecified atom stereocenters. The van der Waals surface area contributed by atoms with Crippen LogP contribution in [0.25, 0.3) is 5.69 Å². The zero-order valence-electron chi connectivity index (χ0n) is 18.0. The summed E-state index contributed by atoms with van der Waals surface area (Å²) in [6.07, 6.45) is 0.916. The fraction of sp³-hybridized carbons (Fsp3) is 0.304. The van der Waals surface area contributed by atoms with E-state index in [9.17, 15) is 4.79 Å². The summed E-state index contributed by atoms with van der Waals surface area (Å²) in [5.74, 6) is 0.328. The quantitative estimate of drug-likeness (QED) is 0.334. The maximum atomic E-state index is 12.8. The molecular weight excluding hydrogens is 473 g/mol. The number of nitrogens with one attached hydrogen (secondary N) is 1. The highest BCUT2D eigenvalue weighted by Crippen LogP contribution is 2.35. The minimum Gasteiger partial charge on any atom is -0.461 e. The molecule has 0 fully saturated rings.